The third-order valence-electron chi connectivity index (χ3n) is 6.38. The number of likely N-dealkylation sites (N-methyl/N-ethyl adjacent to an activating group) is 1. The van der Waals surface area contributed by atoms with E-state index in [0.29, 0.717) is 36.8 Å². The maximum absolute atomic E-state index is 13.2. The zero-order valence-electron chi connectivity index (χ0n) is 21.6. The molecule has 192 valence electrons. The van der Waals surface area contributed by atoms with Crippen molar-refractivity contribution in [2.24, 2.45) is 0 Å². The average molecular weight is 501 g/mol. The normalized spacial score (nSPS) is 16.9. The largest absolute Gasteiger partial charge is 0.507 e. The summed E-state index contributed by atoms with van der Waals surface area (Å²) >= 11 is 0. The summed E-state index contributed by atoms with van der Waals surface area (Å²) in [5.74, 6) is -0.234. The molecule has 3 aromatic carbocycles. The summed E-state index contributed by atoms with van der Waals surface area (Å²) in [6.45, 7) is 3.37. The minimum Gasteiger partial charge on any atom is -0.507 e. The van der Waals surface area contributed by atoms with Crippen molar-refractivity contribution >= 4 is 17.4 Å². The van der Waals surface area contributed by atoms with Gasteiger partial charge in [0.15, 0.2) is 0 Å². The van der Waals surface area contributed by atoms with E-state index in [2.05, 4.69) is 6.07 Å². The molecule has 1 aliphatic rings. The highest BCUT2D eigenvalue weighted by Crippen LogP contribution is 2.39. The fourth-order valence-electron chi connectivity index (χ4n) is 4.38. The quantitative estimate of drug-likeness (QED) is 0.264. The van der Waals surface area contributed by atoms with Gasteiger partial charge < -0.3 is 24.4 Å². The number of ketones is 1. The third-order valence-corrected chi connectivity index (χ3v) is 6.38. The third kappa shape index (κ3) is 5.84. The van der Waals surface area contributed by atoms with Crippen LogP contribution in [-0.4, -0.2) is 60.9 Å². The van der Waals surface area contributed by atoms with E-state index >= 15 is 0 Å². The van der Waals surface area contributed by atoms with Crippen molar-refractivity contribution in [3.05, 3.63) is 101 Å². The second-order valence-corrected chi connectivity index (χ2v) is 9.37. The first-order valence-electron chi connectivity index (χ1n) is 12.1. The molecule has 4 rings (SSSR count). The molecule has 37 heavy (non-hydrogen) atoms. The molecule has 0 radical (unpaired) electrons. The Balaban J connectivity index is 1.64. The Morgan fingerprint density at radius 1 is 0.973 bits per heavy atom. The molecule has 1 amide bonds. The molecule has 1 heterocycles. The Morgan fingerprint density at radius 2 is 1.65 bits per heavy atom. The SMILES string of the molecule is COc1ccc(C2/C(=C(\O)c3ccc(OCc4cccc(C)c4)cc3)C(=O)C(=O)N2CCN(C)C)cc1. The van der Waals surface area contributed by atoms with Crippen molar-refractivity contribution in [1.82, 2.24) is 9.80 Å². The molecule has 0 spiro atoms. The second kappa shape index (κ2) is 11.3. The molecule has 1 atom stereocenters. The first-order valence-corrected chi connectivity index (χ1v) is 12.1. The smallest absolute Gasteiger partial charge is 0.295 e. The van der Waals surface area contributed by atoms with E-state index in [1.807, 2.05) is 56.3 Å². The summed E-state index contributed by atoms with van der Waals surface area (Å²) in [5, 5.41) is 11.3. The molecular formula is C30H32N2O5. The van der Waals surface area contributed by atoms with Gasteiger partial charge in [0, 0.05) is 18.7 Å². The van der Waals surface area contributed by atoms with Crippen molar-refractivity contribution in [2.75, 3.05) is 34.3 Å². The van der Waals surface area contributed by atoms with Crippen LogP contribution in [0.5, 0.6) is 11.5 Å². The van der Waals surface area contributed by atoms with Gasteiger partial charge in [-0.3, -0.25) is 9.59 Å². The lowest BCUT2D eigenvalue weighted by Gasteiger charge is -2.26. The Morgan fingerprint density at radius 3 is 2.27 bits per heavy atom. The van der Waals surface area contributed by atoms with Gasteiger partial charge in [0.2, 0.25) is 0 Å². The molecule has 7 nitrogen and oxygen atoms in total. The number of nitrogens with zero attached hydrogens (tertiary/aromatic N) is 2. The number of aliphatic hydroxyl groups excluding tert-OH is 1. The van der Waals surface area contributed by atoms with Gasteiger partial charge in [0.1, 0.15) is 23.9 Å². The standard InChI is InChI=1S/C30H32N2O5/c1-20-6-5-7-21(18-20)19-37-25-14-10-23(11-15-25)28(33)26-27(22-8-12-24(36-4)13-9-22)32(17-16-31(2)3)30(35)29(26)34/h5-15,18,27,33H,16-17,19H2,1-4H3/b28-26+. The molecule has 0 saturated carbocycles. The van der Waals surface area contributed by atoms with Crippen molar-refractivity contribution < 1.29 is 24.2 Å². The van der Waals surface area contributed by atoms with E-state index in [1.165, 1.54) is 4.90 Å². The molecule has 1 saturated heterocycles. The summed E-state index contributed by atoms with van der Waals surface area (Å²) in [7, 11) is 5.38. The zero-order chi connectivity index (χ0) is 26.5. The maximum Gasteiger partial charge on any atom is 0.295 e. The maximum atomic E-state index is 13.2. The molecular weight excluding hydrogens is 468 g/mol. The minimum absolute atomic E-state index is 0.0716. The van der Waals surface area contributed by atoms with E-state index in [9.17, 15) is 14.7 Å². The van der Waals surface area contributed by atoms with E-state index in [4.69, 9.17) is 9.47 Å². The Labute approximate surface area is 217 Å². The highest BCUT2D eigenvalue weighted by atomic mass is 16.5. The topological polar surface area (TPSA) is 79.3 Å². The van der Waals surface area contributed by atoms with Gasteiger partial charge in [-0.25, -0.2) is 0 Å². The number of hydrogen-bond acceptors (Lipinski definition) is 6. The van der Waals surface area contributed by atoms with Gasteiger partial charge in [-0.1, -0.05) is 42.0 Å². The highest BCUT2D eigenvalue weighted by Gasteiger charge is 2.45. The minimum atomic E-state index is -0.705. The van der Waals surface area contributed by atoms with Crippen LogP contribution < -0.4 is 9.47 Å². The number of aliphatic hydroxyl groups is 1. The van der Waals surface area contributed by atoms with Gasteiger partial charge in [0.05, 0.1) is 18.7 Å². The molecule has 1 fully saturated rings. The second-order valence-electron chi connectivity index (χ2n) is 9.37. The number of carbonyl (C=O) groups is 2. The van der Waals surface area contributed by atoms with Gasteiger partial charge in [0.25, 0.3) is 11.7 Å². The lowest BCUT2D eigenvalue weighted by molar-refractivity contribution is -0.140. The van der Waals surface area contributed by atoms with Crippen LogP contribution in [-0.2, 0) is 16.2 Å². The highest BCUT2D eigenvalue weighted by molar-refractivity contribution is 6.46. The molecule has 1 aliphatic heterocycles. The van der Waals surface area contributed by atoms with Crippen molar-refractivity contribution in [1.29, 1.82) is 0 Å². The van der Waals surface area contributed by atoms with Crippen LogP contribution in [0.2, 0.25) is 0 Å². The number of rotatable bonds is 9. The lowest BCUT2D eigenvalue weighted by atomic mass is 9.95. The number of ether oxygens (including phenoxy) is 2. The molecule has 1 N–H and O–H groups in total. The van der Waals surface area contributed by atoms with Gasteiger partial charge in [-0.2, -0.15) is 0 Å². The predicted octanol–water partition coefficient (Wildman–Crippen LogP) is 4.57. The summed E-state index contributed by atoms with van der Waals surface area (Å²) in [5.41, 5.74) is 3.45. The number of amides is 1. The summed E-state index contributed by atoms with van der Waals surface area (Å²) in [6, 6.07) is 21.4. The lowest BCUT2D eigenvalue weighted by Crippen LogP contribution is -2.35. The van der Waals surface area contributed by atoms with Gasteiger partial charge in [-0.15, -0.1) is 0 Å². The van der Waals surface area contributed by atoms with Crippen molar-refractivity contribution in [3.8, 4) is 11.5 Å². The summed E-state index contributed by atoms with van der Waals surface area (Å²) in [6.07, 6.45) is 0. The van der Waals surface area contributed by atoms with Crippen LogP contribution in [0.1, 0.15) is 28.3 Å². The van der Waals surface area contributed by atoms with Crippen LogP contribution in [0.4, 0.5) is 0 Å². The molecule has 7 heteroatoms. The van der Waals surface area contributed by atoms with E-state index in [0.717, 1.165) is 16.7 Å². The van der Waals surface area contributed by atoms with E-state index in [1.54, 1.807) is 43.5 Å². The Hall–Kier alpha value is -4.10. The van der Waals surface area contributed by atoms with Crippen LogP contribution in [0.15, 0.2) is 78.4 Å². The number of carbonyl (C=O) groups excluding carboxylic acids is 2. The van der Waals surface area contributed by atoms with Crippen molar-refractivity contribution in [3.63, 3.8) is 0 Å². The van der Waals surface area contributed by atoms with Gasteiger partial charge in [-0.05, 0) is 68.5 Å². The Bertz CT molecular complexity index is 1300. The first-order chi connectivity index (χ1) is 17.8. The predicted molar refractivity (Wildman–Crippen MR) is 143 cm³/mol. The molecule has 0 aromatic heterocycles. The number of likely N-dealkylation sites (tertiary alicyclic amines) is 1. The Kier molecular flexibility index (Phi) is 7.94. The molecule has 0 bridgehead atoms. The van der Waals surface area contributed by atoms with Crippen LogP contribution in [0.3, 0.4) is 0 Å². The summed E-state index contributed by atoms with van der Waals surface area (Å²) < 4.78 is 11.1. The monoisotopic (exact) mass is 500 g/mol. The number of aryl methyl sites for hydroxylation is 1. The van der Waals surface area contributed by atoms with Crippen molar-refractivity contribution in [2.45, 2.75) is 19.6 Å². The first kappa shape index (κ1) is 26.0. The number of hydrogen-bond donors (Lipinski definition) is 1. The molecule has 1 unspecified atom stereocenters. The van der Waals surface area contributed by atoms with E-state index in [-0.39, 0.29) is 11.3 Å². The van der Waals surface area contributed by atoms with E-state index < -0.39 is 17.7 Å². The zero-order valence-corrected chi connectivity index (χ0v) is 21.6. The van der Waals surface area contributed by atoms with Gasteiger partial charge >= 0.3 is 0 Å². The van der Waals surface area contributed by atoms with Crippen LogP contribution >= 0.6 is 0 Å². The fraction of sp³-hybridized carbons (Fsp3) is 0.267. The fourth-order valence-corrected chi connectivity index (χ4v) is 4.38. The average Bonchev–Trinajstić information content (AvgIpc) is 3.15. The van der Waals surface area contributed by atoms with Crippen LogP contribution in [0, 0.1) is 6.92 Å². The van der Waals surface area contributed by atoms with Crippen LogP contribution in [0.25, 0.3) is 5.76 Å². The number of benzene rings is 3. The summed E-state index contributed by atoms with van der Waals surface area (Å²) in [4.78, 5) is 29.7. The molecule has 0 aliphatic carbocycles. The number of Topliss-reactive ketones (excluding diaryl/α,β-unsaturated/α-hetero) is 1. The number of methoxy groups -OCH3 is 1. The molecule has 3 aromatic rings.